The lowest BCUT2D eigenvalue weighted by molar-refractivity contribution is 0.0952. The summed E-state index contributed by atoms with van der Waals surface area (Å²) in [5.41, 5.74) is 0.549. The molecule has 0 saturated heterocycles. The molecule has 2 rings (SSSR count). The Hall–Kier alpha value is -1.49. The minimum absolute atomic E-state index is 0.0817. The first-order valence-corrected chi connectivity index (χ1v) is 6.56. The Kier molecular flexibility index (Phi) is 4.64. The smallest absolute Gasteiger partial charge is 0.254 e. The molecule has 98 valence electrons. The van der Waals surface area contributed by atoms with E-state index in [0.717, 1.165) is 25.2 Å². The van der Waals surface area contributed by atoms with Crippen molar-refractivity contribution in [2.24, 2.45) is 0 Å². The van der Waals surface area contributed by atoms with Crippen LogP contribution in [0.25, 0.3) is 0 Å². The summed E-state index contributed by atoms with van der Waals surface area (Å²) in [7, 11) is 1.93. The average Bonchev–Trinajstić information content (AvgIpc) is 3.23. The molecular formula is C13H20N4O. The van der Waals surface area contributed by atoms with Crippen molar-refractivity contribution in [1.82, 2.24) is 20.6 Å². The second kappa shape index (κ2) is 6.44. The van der Waals surface area contributed by atoms with Gasteiger partial charge < -0.3 is 10.6 Å². The van der Waals surface area contributed by atoms with Crippen molar-refractivity contribution in [2.75, 3.05) is 20.1 Å². The van der Waals surface area contributed by atoms with Crippen LogP contribution in [0.1, 0.15) is 47.8 Å². The number of aromatic nitrogens is 2. The summed E-state index contributed by atoms with van der Waals surface area (Å²) in [4.78, 5) is 20.2. The zero-order valence-electron chi connectivity index (χ0n) is 10.8. The number of rotatable bonds is 7. The van der Waals surface area contributed by atoms with E-state index in [9.17, 15) is 4.79 Å². The number of unbranched alkanes of at least 4 members (excludes halogenated alkanes) is 1. The van der Waals surface area contributed by atoms with Crippen molar-refractivity contribution in [3.8, 4) is 0 Å². The monoisotopic (exact) mass is 248 g/mol. The molecule has 0 aromatic carbocycles. The quantitative estimate of drug-likeness (QED) is 0.709. The number of hydrogen-bond acceptors (Lipinski definition) is 4. The molecule has 1 aromatic rings. The van der Waals surface area contributed by atoms with Crippen molar-refractivity contribution in [2.45, 2.75) is 31.6 Å². The van der Waals surface area contributed by atoms with Gasteiger partial charge in [0.15, 0.2) is 0 Å². The van der Waals surface area contributed by atoms with Crippen molar-refractivity contribution < 1.29 is 4.79 Å². The average molecular weight is 248 g/mol. The Bertz CT molecular complexity index is 386. The fourth-order valence-corrected chi connectivity index (χ4v) is 1.74. The van der Waals surface area contributed by atoms with Gasteiger partial charge in [0.1, 0.15) is 5.82 Å². The van der Waals surface area contributed by atoms with Crippen LogP contribution in [-0.2, 0) is 0 Å². The van der Waals surface area contributed by atoms with Gasteiger partial charge in [-0.2, -0.15) is 0 Å². The van der Waals surface area contributed by atoms with E-state index in [1.807, 2.05) is 7.05 Å². The van der Waals surface area contributed by atoms with Crippen LogP contribution in [0.3, 0.4) is 0 Å². The molecule has 5 heteroatoms. The second-order valence-electron chi connectivity index (χ2n) is 4.67. The summed E-state index contributed by atoms with van der Waals surface area (Å²) >= 11 is 0. The molecule has 1 aliphatic rings. The van der Waals surface area contributed by atoms with Crippen molar-refractivity contribution >= 4 is 5.91 Å². The SMILES string of the molecule is CNCCCCNC(=O)c1cnc(C2CC2)nc1. The van der Waals surface area contributed by atoms with E-state index < -0.39 is 0 Å². The predicted octanol–water partition coefficient (Wildman–Crippen LogP) is 1.08. The third kappa shape index (κ3) is 3.77. The summed E-state index contributed by atoms with van der Waals surface area (Å²) in [5.74, 6) is 1.33. The van der Waals surface area contributed by atoms with Crippen LogP contribution in [0, 0.1) is 0 Å². The molecule has 0 atom stereocenters. The zero-order valence-corrected chi connectivity index (χ0v) is 10.8. The van der Waals surface area contributed by atoms with Crippen LogP contribution in [0.2, 0.25) is 0 Å². The Balaban J connectivity index is 1.74. The fraction of sp³-hybridized carbons (Fsp3) is 0.615. The summed E-state index contributed by atoms with van der Waals surface area (Å²) in [6.45, 7) is 1.68. The van der Waals surface area contributed by atoms with E-state index in [2.05, 4.69) is 20.6 Å². The molecule has 1 amide bonds. The number of hydrogen-bond donors (Lipinski definition) is 2. The van der Waals surface area contributed by atoms with Crippen molar-refractivity contribution in [3.63, 3.8) is 0 Å². The minimum Gasteiger partial charge on any atom is -0.352 e. The van der Waals surface area contributed by atoms with Crippen LogP contribution in [-0.4, -0.2) is 36.0 Å². The Morgan fingerprint density at radius 3 is 2.56 bits per heavy atom. The third-order valence-electron chi connectivity index (χ3n) is 3.02. The summed E-state index contributed by atoms with van der Waals surface area (Å²) in [5, 5.41) is 5.95. The van der Waals surface area contributed by atoms with Gasteiger partial charge in [0.05, 0.1) is 5.56 Å². The van der Waals surface area contributed by atoms with E-state index in [1.165, 1.54) is 12.8 Å². The molecule has 1 aromatic heterocycles. The second-order valence-corrected chi connectivity index (χ2v) is 4.67. The standard InChI is InChI=1S/C13H20N4O/c1-14-6-2-3-7-15-13(18)11-8-16-12(17-9-11)10-4-5-10/h8-10,14H,2-7H2,1H3,(H,15,18). The van der Waals surface area contributed by atoms with Crippen LogP contribution in [0.15, 0.2) is 12.4 Å². The Morgan fingerprint density at radius 2 is 1.94 bits per heavy atom. The van der Waals surface area contributed by atoms with Gasteiger partial charge in [-0.15, -0.1) is 0 Å². The zero-order chi connectivity index (χ0) is 12.8. The van der Waals surface area contributed by atoms with E-state index >= 15 is 0 Å². The highest BCUT2D eigenvalue weighted by Crippen LogP contribution is 2.37. The molecule has 0 bridgehead atoms. The highest BCUT2D eigenvalue weighted by molar-refractivity contribution is 5.93. The van der Waals surface area contributed by atoms with Gasteiger partial charge in [0, 0.05) is 24.9 Å². The molecule has 0 spiro atoms. The highest BCUT2D eigenvalue weighted by Gasteiger charge is 2.26. The molecule has 0 aliphatic heterocycles. The van der Waals surface area contributed by atoms with Crippen LogP contribution in [0.4, 0.5) is 0 Å². The number of carbonyl (C=O) groups is 1. The van der Waals surface area contributed by atoms with Gasteiger partial charge in [-0.25, -0.2) is 9.97 Å². The van der Waals surface area contributed by atoms with Crippen molar-refractivity contribution in [1.29, 1.82) is 0 Å². The lowest BCUT2D eigenvalue weighted by Crippen LogP contribution is -2.25. The summed E-state index contributed by atoms with van der Waals surface area (Å²) in [6.07, 6.45) is 7.66. The third-order valence-corrected chi connectivity index (χ3v) is 3.02. The van der Waals surface area contributed by atoms with E-state index in [4.69, 9.17) is 0 Å². The predicted molar refractivity (Wildman–Crippen MR) is 69.5 cm³/mol. The van der Waals surface area contributed by atoms with Gasteiger partial charge in [0.2, 0.25) is 0 Å². The topological polar surface area (TPSA) is 66.9 Å². The molecule has 1 heterocycles. The summed E-state index contributed by atoms with van der Waals surface area (Å²) < 4.78 is 0. The Labute approximate surface area is 107 Å². The van der Waals surface area contributed by atoms with E-state index in [1.54, 1.807) is 12.4 Å². The normalized spacial score (nSPS) is 14.5. The maximum absolute atomic E-state index is 11.8. The van der Waals surface area contributed by atoms with Crippen molar-refractivity contribution in [3.05, 3.63) is 23.8 Å². The summed E-state index contributed by atoms with van der Waals surface area (Å²) in [6, 6.07) is 0. The van der Waals surface area contributed by atoms with Crippen LogP contribution in [0.5, 0.6) is 0 Å². The molecule has 1 fully saturated rings. The molecular weight excluding hydrogens is 228 g/mol. The minimum atomic E-state index is -0.0817. The first kappa shape index (κ1) is 13.0. The van der Waals surface area contributed by atoms with Crippen LogP contribution < -0.4 is 10.6 Å². The van der Waals surface area contributed by atoms with Crippen LogP contribution >= 0.6 is 0 Å². The molecule has 1 aliphatic carbocycles. The lowest BCUT2D eigenvalue weighted by Gasteiger charge is -2.05. The number of nitrogens with zero attached hydrogens (tertiary/aromatic N) is 2. The van der Waals surface area contributed by atoms with Gasteiger partial charge in [0.25, 0.3) is 5.91 Å². The van der Waals surface area contributed by atoms with Gasteiger partial charge in [-0.3, -0.25) is 4.79 Å². The van der Waals surface area contributed by atoms with Gasteiger partial charge >= 0.3 is 0 Å². The first-order chi connectivity index (χ1) is 8.81. The van der Waals surface area contributed by atoms with Gasteiger partial charge in [-0.05, 0) is 39.3 Å². The molecule has 0 radical (unpaired) electrons. The highest BCUT2D eigenvalue weighted by atomic mass is 16.1. The fourth-order valence-electron chi connectivity index (χ4n) is 1.74. The first-order valence-electron chi connectivity index (χ1n) is 6.56. The van der Waals surface area contributed by atoms with E-state index in [-0.39, 0.29) is 5.91 Å². The molecule has 18 heavy (non-hydrogen) atoms. The molecule has 2 N–H and O–H groups in total. The molecule has 1 saturated carbocycles. The number of amides is 1. The maximum Gasteiger partial charge on any atom is 0.254 e. The molecule has 5 nitrogen and oxygen atoms in total. The lowest BCUT2D eigenvalue weighted by atomic mass is 10.2. The molecule has 0 unspecified atom stereocenters. The maximum atomic E-state index is 11.8. The number of carbonyl (C=O) groups excluding carboxylic acids is 1. The van der Waals surface area contributed by atoms with E-state index in [0.29, 0.717) is 18.0 Å². The van der Waals surface area contributed by atoms with Gasteiger partial charge in [-0.1, -0.05) is 0 Å². The Morgan fingerprint density at radius 1 is 1.28 bits per heavy atom. The number of nitrogens with one attached hydrogen (secondary N) is 2. The largest absolute Gasteiger partial charge is 0.352 e.